The van der Waals surface area contributed by atoms with Crippen molar-refractivity contribution in [3.8, 4) is 5.69 Å². The van der Waals surface area contributed by atoms with E-state index in [-0.39, 0.29) is 5.82 Å². The van der Waals surface area contributed by atoms with Gasteiger partial charge in [0.15, 0.2) is 0 Å². The van der Waals surface area contributed by atoms with Crippen molar-refractivity contribution in [1.29, 1.82) is 0 Å². The molecule has 0 atom stereocenters. The first-order chi connectivity index (χ1) is 7.56. The van der Waals surface area contributed by atoms with Crippen LogP contribution in [-0.2, 0) is 0 Å². The normalized spacial score (nSPS) is 10.4. The van der Waals surface area contributed by atoms with Gasteiger partial charge < -0.3 is 5.11 Å². The molecule has 0 aliphatic heterocycles. The van der Waals surface area contributed by atoms with Gasteiger partial charge >= 0.3 is 5.97 Å². The van der Waals surface area contributed by atoms with Crippen LogP contribution in [-0.4, -0.2) is 31.3 Å². The highest BCUT2D eigenvalue weighted by atomic mass is 16.4. The Kier molecular flexibility index (Phi) is 2.40. The number of aryl methyl sites for hydroxylation is 2. The molecule has 0 aliphatic rings. The maximum absolute atomic E-state index is 10.6. The maximum Gasteiger partial charge on any atom is 0.377 e. The highest BCUT2D eigenvalue weighted by Gasteiger charge is 2.11. The van der Waals surface area contributed by atoms with Gasteiger partial charge in [0.1, 0.15) is 0 Å². The van der Waals surface area contributed by atoms with Crippen LogP contribution in [0.1, 0.15) is 21.7 Å². The Morgan fingerprint density at radius 1 is 1.25 bits per heavy atom. The summed E-state index contributed by atoms with van der Waals surface area (Å²) in [5.41, 5.74) is 2.82. The maximum atomic E-state index is 10.6. The largest absolute Gasteiger partial charge is 0.475 e. The zero-order valence-corrected chi connectivity index (χ0v) is 8.88. The number of nitrogens with zero attached hydrogens (tertiary/aromatic N) is 4. The number of hydrogen-bond acceptors (Lipinski definition) is 4. The lowest BCUT2D eigenvalue weighted by atomic mass is 10.1. The summed E-state index contributed by atoms with van der Waals surface area (Å²) in [6.07, 6.45) is 0. The van der Waals surface area contributed by atoms with Crippen molar-refractivity contribution in [2.24, 2.45) is 0 Å². The summed E-state index contributed by atoms with van der Waals surface area (Å²) in [7, 11) is 0. The standard InChI is InChI=1S/C10H10N4O2/c1-6-3-7(2)5-8(4-6)14-12-9(10(15)16)11-13-14/h3-5H,1-2H3,(H,15,16). The Morgan fingerprint density at radius 3 is 2.38 bits per heavy atom. The highest BCUT2D eigenvalue weighted by molar-refractivity contribution is 5.82. The monoisotopic (exact) mass is 218 g/mol. The van der Waals surface area contributed by atoms with E-state index < -0.39 is 5.97 Å². The minimum atomic E-state index is -1.18. The van der Waals surface area contributed by atoms with Crippen LogP contribution in [0.15, 0.2) is 18.2 Å². The molecule has 0 bridgehead atoms. The van der Waals surface area contributed by atoms with E-state index in [1.165, 1.54) is 4.80 Å². The topological polar surface area (TPSA) is 80.9 Å². The number of aromatic nitrogens is 4. The van der Waals surface area contributed by atoms with E-state index >= 15 is 0 Å². The van der Waals surface area contributed by atoms with Crippen molar-refractivity contribution >= 4 is 5.97 Å². The molecule has 6 heteroatoms. The number of carbonyl (C=O) groups is 1. The lowest BCUT2D eigenvalue weighted by Crippen LogP contribution is -2.03. The second-order valence-corrected chi connectivity index (χ2v) is 3.55. The van der Waals surface area contributed by atoms with Gasteiger partial charge in [0.25, 0.3) is 5.82 Å². The SMILES string of the molecule is Cc1cc(C)cc(-n2nnc(C(=O)O)n2)c1. The van der Waals surface area contributed by atoms with E-state index in [0.29, 0.717) is 5.69 Å². The number of aromatic carboxylic acids is 1. The lowest BCUT2D eigenvalue weighted by Gasteiger charge is -2.01. The Balaban J connectivity index is 2.46. The van der Waals surface area contributed by atoms with Crippen LogP contribution in [0.5, 0.6) is 0 Å². The first-order valence-corrected chi connectivity index (χ1v) is 4.68. The van der Waals surface area contributed by atoms with Crippen molar-refractivity contribution < 1.29 is 9.90 Å². The lowest BCUT2D eigenvalue weighted by molar-refractivity contribution is 0.0683. The van der Waals surface area contributed by atoms with E-state index in [1.54, 1.807) is 0 Å². The van der Waals surface area contributed by atoms with E-state index in [4.69, 9.17) is 5.11 Å². The van der Waals surface area contributed by atoms with Crippen molar-refractivity contribution in [3.05, 3.63) is 35.2 Å². The molecule has 82 valence electrons. The van der Waals surface area contributed by atoms with Gasteiger partial charge in [-0.1, -0.05) is 6.07 Å². The van der Waals surface area contributed by atoms with Gasteiger partial charge in [-0.05, 0) is 42.3 Å². The first kappa shape index (κ1) is 10.3. The molecule has 0 radical (unpaired) electrons. The Hall–Kier alpha value is -2.24. The molecule has 0 amide bonds. The molecule has 2 aromatic rings. The molecular formula is C10H10N4O2. The Morgan fingerprint density at radius 2 is 1.88 bits per heavy atom. The zero-order chi connectivity index (χ0) is 11.7. The summed E-state index contributed by atoms with van der Waals surface area (Å²) in [5.74, 6) is -1.49. The van der Waals surface area contributed by atoms with E-state index in [2.05, 4.69) is 15.4 Å². The van der Waals surface area contributed by atoms with Gasteiger partial charge in [-0.25, -0.2) is 4.79 Å². The summed E-state index contributed by atoms with van der Waals surface area (Å²) in [5, 5.41) is 19.6. The van der Waals surface area contributed by atoms with Gasteiger partial charge in [-0.3, -0.25) is 0 Å². The number of carboxylic acids is 1. The molecule has 1 aromatic carbocycles. The van der Waals surface area contributed by atoms with Gasteiger partial charge in [0.05, 0.1) is 5.69 Å². The molecule has 0 unspecified atom stereocenters. The van der Waals surface area contributed by atoms with Gasteiger partial charge in [0.2, 0.25) is 0 Å². The predicted molar refractivity (Wildman–Crippen MR) is 55.6 cm³/mol. The third kappa shape index (κ3) is 1.90. The van der Waals surface area contributed by atoms with Crippen molar-refractivity contribution in [1.82, 2.24) is 20.2 Å². The van der Waals surface area contributed by atoms with Crippen molar-refractivity contribution in [3.63, 3.8) is 0 Å². The molecule has 1 aromatic heterocycles. The molecule has 6 nitrogen and oxygen atoms in total. The average Bonchev–Trinajstić information content (AvgIpc) is 2.64. The van der Waals surface area contributed by atoms with Crippen LogP contribution in [0.25, 0.3) is 5.69 Å². The Labute approximate surface area is 91.5 Å². The fourth-order valence-electron chi connectivity index (χ4n) is 1.48. The summed E-state index contributed by atoms with van der Waals surface area (Å²) in [6, 6.07) is 5.74. The third-order valence-electron chi connectivity index (χ3n) is 2.04. The van der Waals surface area contributed by atoms with Crippen LogP contribution in [0.3, 0.4) is 0 Å². The van der Waals surface area contributed by atoms with Crippen LogP contribution in [0.4, 0.5) is 0 Å². The predicted octanol–water partition coefficient (Wildman–Crippen LogP) is 0.977. The fraction of sp³-hybridized carbons (Fsp3) is 0.200. The molecule has 2 rings (SSSR count). The molecule has 0 saturated heterocycles. The average molecular weight is 218 g/mol. The van der Waals surface area contributed by atoms with Crippen LogP contribution < -0.4 is 0 Å². The molecule has 1 N–H and O–H groups in total. The number of rotatable bonds is 2. The van der Waals surface area contributed by atoms with E-state index in [1.807, 2.05) is 32.0 Å². The fourth-order valence-corrected chi connectivity index (χ4v) is 1.48. The second-order valence-electron chi connectivity index (χ2n) is 3.55. The van der Waals surface area contributed by atoms with E-state index in [0.717, 1.165) is 11.1 Å². The van der Waals surface area contributed by atoms with Gasteiger partial charge in [-0.15, -0.1) is 15.0 Å². The number of tetrazole rings is 1. The molecule has 1 heterocycles. The Bertz CT molecular complexity index is 527. The zero-order valence-electron chi connectivity index (χ0n) is 8.88. The van der Waals surface area contributed by atoms with Crippen LogP contribution >= 0.6 is 0 Å². The first-order valence-electron chi connectivity index (χ1n) is 4.68. The van der Waals surface area contributed by atoms with Crippen LogP contribution in [0.2, 0.25) is 0 Å². The van der Waals surface area contributed by atoms with Crippen molar-refractivity contribution in [2.75, 3.05) is 0 Å². The quantitative estimate of drug-likeness (QED) is 0.812. The summed E-state index contributed by atoms with van der Waals surface area (Å²) in [6.45, 7) is 3.90. The molecular weight excluding hydrogens is 208 g/mol. The van der Waals surface area contributed by atoms with Gasteiger partial charge in [-0.2, -0.15) is 0 Å². The summed E-state index contributed by atoms with van der Waals surface area (Å²) >= 11 is 0. The molecule has 0 aliphatic carbocycles. The minimum absolute atomic E-state index is 0.306. The van der Waals surface area contributed by atoms with Gasteiger partial charge in [0, 0.05) is 0 Å². The minimum Gasteiger partial charge on any atom is -0.475 e. The number of carboxylic acid groups (broad SMARTS) is 1. The summed E-state index contributed by atoms with van der Waals surface area (Å²) in [4.78, 5) is 11.8. The summed E-state index contributed by atoms with van der Waals surface area (Å²) < 4.78 is 0. The number of benzene rings is 1. The highest BCUT2D eigenvalue weighted by Crippen LogP contribution is 2.11. The molecule has 0 fully saturated rings. The van der Waals surface area contributed by atoms with Crippen molar-refractivity contribution in [2.45, 2.75) is 13.8 Å². The van der Waals surface area contributed by atoms with Crippen LogP contribution in [0, 0.1) is 13.8 Å². The molecule has 0 saturated carbocycles. The molecule has 0 spiro atoms. The number of hydrogen-bond donors (Lipinski definition) is 1. The third-order valence-corrected chi connectivity index (χ3v) is 2.04. The smallest absolute Gasteiger partial charge is 0.377 e. The molecule has 16 heavy (non-hydrogen) atoms. The van der Waals surface area contributed by atoms with E-state index in [9.17, 15) is 4.79 Å². The second kappa shape index (κ2) is 3.73.